The number of rotatable bonds is 3. The van der Waals surface area contributed by atoms with Crippen molar-refractivity contribution in [1.29, 1.82) is 0 Å². The van der Waals surface area contributed by atoms with Gasteiger partial charge < -0.3 is 4.74 Å². The van der Waals surface area contributed by atoms with Gasteiger partial charge in [-0.2, -0.15) is 0 Å². The van der Waals surface area contributed by atoms with E-state index in [1.165, 1.54) is 0 Å². The fraction of sp³-hybridized carbons (Fsp3) is 0.667. The Kier molecular flexibility index (Phi) is 15.6. The van der Waals surface area contributed by atoms with E-state index in [2.05, 4.69) is 20.7 Å². The van der Waals surface area contributed by atoms with Crippen molar-refractivity contribution in [3.63, 3.8) is 0 Å². The second-order valence-corrected chi connectivity index (χ2v) is 1.45. The molecule has 0 saturated carbocycles. The van der Waals surface area contributed by atoms with Crippen molar-refractivity contribution in [2.75, 3.05) is 11.9 Å². The summed E-state index contributed by atoms with van der Waals surface area (Å²) in [5.41, 5.74) is 0. The fourth-order valence-electron chi connectivity index (χ4n) is 0.0927. The zero-order chi connectivity index (χ0) is 4.83. The average molecular weight is 177 g/mol. The summed E-state index contributed by atoms with van der Waals surface area (Å²) in [5, 5.41) is 0.714. The maximum atomic E-state index is 9.32. The van der Waals surface area contributed by atoms with E-state index in [1.807, 2.05) is 0 Å². The first kappa shape index (κ1) is 10.8. The molecule has 0 fully saturated rings. The van der Waals surface area contributed by atoms with Crippen molar-refractivity contribution in [3.8, 4) is 0 Å². The molecule has 0 N–H and O–H groups in total. The first-order chi connectivity index (χ1) is 2.91. The number of carbonyl (C=O) groups is 1. The number of alkyl halides is 1. The molecule has 0 saturated heterocycles. The standard InChI is InChI=1S/C3H5BrO2.Na.H/c4-1-2-6-3-5;;/h3H,1-2H2;;. The van der Waals surface area contributed by atoms with Crippen molar-refractivity contribution < 1.29 is 9.53 Å². The van der Waals surface area contributed by atoms with Crippen LogP contribution in [0.1, 0.15) is 0 Å². The third-order valence-corrected chi connectivity index (χ3v) is 0.587. The molecule has 0 radical (unpaired) electrons. The Morgan fingerprint density at radius 2 is 2.29 bits per heavy atom. The molecule has 0 unspecified atom stereocenters. The van der Waals surface area contributed by atoms with Gasteiger partial charge in [0.2, 0.25) is 0 Å². The average Bonchev–Trinajstić information content (AvgIpc) is 1.61. The van der Waals surface area contributed by atoms with Crippen LogP contribution < -0.4 is 0 Å². The van der Waals surface area contributed by atoms with E-state index in [4.69, 9.17) is 0 Å². The van der Waals surface area contributed by atoms with E-state index in [0.29, 0.717) is 18.4 Å². The van der Waals surface area contributed by atoms with Gasteiger partial charge >= 0.3 is 29.6 Å². The Hall–Kier alpha value is 0.950. The monoisotopic (exact) mass is 176 g/mol. The van der Waals surface area contributed by atoms with E-state index in [0.717, 1.165) is 0 Å². The Morgan fingerprint density at radius 3 is 2.43 bits per heavy atom. The minimum absolute atomic E-state index is 0. The third-order valence-electron chi connectivity index (χ3n) is 0.263. The quantitative estimate of drug-likeness (QED) is 0.260. The van der Waals surface area contributed by atoms with E-state index < -0.39 is 0 Å². The van der Waals surface area contributed by atoms with Crippen LogP contribution in [0.25, 0.3) is 0 Å². The SMILES string of the molecule is O=COCCBr.[NaH]. The Balaban J connectivity index is 0. The fourth-order valence-corrected chi connectivity index (χ4v) is 0.280. The molecule has 0 amide bonds. The molecule has 0 rings (SSSR count). The molecule has 0 spiro atoms. The van der Waals surface area contributed by atoms with Crippen LogP contribution in [-0.4, -0.2) is 48.0 Å². The molecule has 0 atom stereocenters. The second kappa shape index (κ2) is 10.0. The summed E-state index contributed by atoms with van der Waals surface area (Å²) >= 11 is 3.07. The normalized spacial score (nSPS) is 6.43. The number of carbonyl (C=O) groups excluding carboxylic acids is 1. The van der Waals surface area contributed by atoms with Gasteiger partial charge in [-0.25, -0.2) is 0 Å². The summed E-state index contributed by atoms with van der Waals surface area (Å²) in [6, 6.07) is 0. The molecular formula is C3H6BrNaO2. The number of hydrogen-bond donors (Lipinski definition) is 0. The molecule has 0 aliphatic carbocycles. The summed E-state index contributed by atoms with van der Waals surface area (Å²) in [6.07, 6.45) is 0. The molecule has 0 aromatic heterocycles. The molecule has 0 aromatic carbocycles. The molecule has 0 aliphatic rings. The van der Waals surface area contributed by atoms with Gasteiger partial charge in [0.1, 0.15) is 6.61 Å². The predicted molar refractivity (Wildman–Crippen MR) is 33.0 cm³/mol. The summed E-state index contributed by atoms with van der Waals surface area (Å²) in [5.74, 6) is 0. The molecule has 0 heterocycles. The maximum absolute atomic E-state index is 9.32. The molecular weight excluding hydrogens is 171 g/mol. The first-order valence-corrected chi connectivity index (χ1v) is 2.65. The molecule has 0 aliphatic heterocycles. The summed E-state index contributed by atoms with van der Waals surface area (Å²) in [7, 11) is 0. The van der Waals surface area contributed by atoms with Gasteiger partial charge in [-0.1, -0.05) is 15.9 Å². The second-order valence-electron chi connectivity index (χ2n) is 0.656. The third kappa shape index (κ3) is 10.9. The Morgan fingerprint density at radius 1 is 1.71 bits per heavy atom. The van der Waals surface area contributed by atoms with Gasteiger partial charge in [-0.15, -0.1) is 0 Å². The number of ether oxygens (including phenoxy) is 1. The molecule has 0 bridgehead atoms. The minimum atomic E-state index is 0. The van der Waals surface area contributed by atoms with Crippen molar-refractivity contribution in [2.45, 2.75) is 0 Å². The van der Waals surface area contributed by atoms with Crippen LogP contribution in [0.5, 0.6) is 0 Å². The first-order valence-electron chi connectivity index (χ1n) is 1.53. The Bertz CT molecular complexity index is 41.9. The van der Waals surface area contributed by atoms with Crippen LogP contribution >= 0.6 is 15.9 Å². The molecule has 2 nitrogen and oxygen atoms in total. The molecule has 7 heavy (non-hydrogen) atoms. The Labute approximate surface area is 73.0 Å². The van der Waals surface area contributed by atoms with Crippen LogP contribution in [0.15, 0.2) is 0 Å². The number of halogens is 1. The van der Waals surface area contributed by atoms with Crippen LogP contribution in [0.3, 0.4) is 0 Å². The number of hydrogen-bond acceptors (Lipinski definition) is 2. The van der Waals surface area contributed by atoms with Gasteiger partial charge in [-0.3, -0.25) is 4.79 Å². The van der Waals surface area contributed by atoms with E-state index in [9.17, 15) is 4.79 Å². The summed E-state index contributed by atoms with van der Waals surface area (Å²) in [6.45, 7) is 0.894. The topological polar surface area (TPSA) is 26.3 Å². The van der Waals surface area contributed by atoms with E-state index >= 15 is 0 Å². The van der Waals surface area contributed by atoms with Gasteiger partial charge in [-0.05, 0) is 0 Å². The molecule has 0 aromatic rings. The van der Waals surface area contributed by atoms with Crippen LogP contribution in [0.4, 0.5) is 0 Å². The van der Waals surface area contributed by atoms with Crippen molar-refractivity contribution >= 4 is 52.0 Å². The predicted octanol–water partition coefficient (Wildman–Crippen LogP) is -0.0942. The van der Waals surface area contributed by atoms with Gasteiger partial charge in [0.15, 0.2) is 0 Å². The van der Waals surface area contributed by atoms with Gasteiger partial charge in [0.25, 0.3) is 6.47 Å². The van der Waals surface area contributed by atoms with Gasteiger partial charge in [0.05, 0.1) is 0 Å². The van der Waals surface area contributed by atoms with E-state index in [-0.39, 0.29) is 29.6 Å². The van der Waals surface area contributed by atoms with Crippen molar-refractivity contribution in [3.05, 3.63) is 0 Å². The van der Waals surface area contributed by atoms with Crippen molar-refractivity contribution in [2.24, 2.45) is 0 Å². The van der Waals surface area contributed by atoms with Crippen LogP contribution in [0, 0.1) is 0 Å². The van der Waals surface area contributed by atoms with E-state index in [1.54, 1.807) is 0 Å². The van der Waals surface area contributed by atoms with Crippen LogP contribution in [0.2, 0.25) is 0 Å². The summed E-state index contributed by atoms with van der Waals surface area (Å²) in [4.78, 5) is 9.32. The van der Waals surface area contributed by atoms with Crippen molar-refractivity contribution in [1.82, 2.24) is 0 Å². The molecule has 4 heteroatoms. The zero-order valence-corrected chi connectivity index (χ0v) is 4.77. The van der Waals surface area contributed by atoms with Gasteiger partial charge in [0, 0.05) is 5.33 Å². The summed E-state index contributed by atoms with van der Waals surface area (Å²) < 4.78 is 4.26. The zero-order valence-electron chi connectivity index (χ0n) is 3.19. The van der Waals surface area contributed by atoms with Crippen LogP contribution in [-0.2, 0) is 9.53 Å². The molecule has 38 valence electrons.